The van der Waals surface area contributed by atoms with Crippen LogP contribution in [0.1, 0.15) is 71.4 Å². The molecule has 3 aliphatic rings. The maximum Gasteiger partial charge on any atom is 0.257 e. The van der Waals surface area contributed by atoms with Crippen molar-refractivity contribution in [2.45, 2.75) is 64.0 Å². The van der Waals surface area contributed by atoms with E-state index in [2.05, 4.69) is 16.0 Å². The van der Waals surface area contributed by atoms with E-state index in [1.165, 1.54) is 0 Å². The molecule has 0 unspecified atom stereocenters. The van der Waals surface area contributed by atoms with Gasteiger partial charge >= 0.3 is 0 Å². The number of carbonyl (C=O) groups is 4. The third-order valence-electron chi connectivity index (χ3n) is 8.28. The zero-order valence-corrected chi connectivity index (χ0v) is 24.9. The number of amides is 4. The summed E-state index contributed by atoms with van der Waals surface area (Å²) in [5, 5.41) is 9.87. The second-order valence-corrected chi connectivity index (χ2v) is 11.9. The van der Waals surface area contributed by atoms with Crippen LogP contribution in [0.25, 0.3) is 11.0 Å². The van der Waals surface area contributed by atoms with Gasteiger partial charge in [-0.2, -0.15) is 0 Å². The number of aliphatic imine (C=N–C) groups is 1. The number of nitrogens with one attached hydrogen (secondary N) is 3. The Balaban J connectivity index is 1.22. The van der Waals surface area contributed by atoms with E-state index in [0.29, 0.717) is 29.8 Å². The molecule has 0 radical (unpaired) electrons. The Kier molecular flexibility index (Phi) is 8.63. The van der Waals surface area contributed by atoms with E-state index < -0.39 is 11.9 Å². The molecule has 1 aromatic heterocycles. The standard InChI is InChI=1S/C33H38N6O5/c1-21-18-24-19-26(13-14-28(24)44-21)35-33(37-31(42)23-9-7-22(8-10-23)30(41)34-25-11-12-25)36-27-6-2-3-17-39(32(27)43)20-29(40)38-15-4-5-16-38/h7-10,13-14,18-19,25,27H,2-6,11-12,15-17,20H2,1H3,(H,34,41)(H2,35,36,37,42)/t27-/m0/s1. The molecule has 3 N–H and O–H groups in total. The largest absolute Gasteiger partial charge is 0.461 e. The van der Waals surface area contributed by atoms with Gasteiger partial charge in [0.2, 0.25) is 17.8 Å². The number of anilines is 1. The van der Waals surface area contributed by atoms with Crippen LogP contribution in [0.5, 0.6) is 0 Å². The second-order valence-electron chi connectivity index (χ2n) is 11.9. The van der Waals surface area contributed by atoms with Gasteiger partial charge in [0.15, 0.2) is 0 Å². The summed E-state index contributed by atoms with van der Waals surface area (Å²) in [6.07, 6.45) is 6.00. The molecule has 230 valence electrons. The summed E-state index contributed by atoms with van der Waals surface area (Å²) in [6, 6.07) is 13.4. The van der Waals surface area contributed by atoms with Gasteiger partial charge in [-0.3, -0.25) is 24.5 Å². The molecule has 2 aliphatic heterocycles. The fourth-order valence-electron chi connectivity index (χ4n) is 5.68. The van der Waals surface area contributed by atoms with Crippen LogP contribution in [0, 0.1) is 6.92 Å². The first-order chi connectivity index (χ1) is 21.3. The molecule has 2 saturated heterocycles. The number of carbonyl (C=O) groups excluding carboxylic acids is 4. The zero-order valence-electron chi connectivity index (χ0n) is 24.9. The summed E-state index contributed by atoms with van der Waals surface area (Å²) in [5.41, 5.74) is 2.22. The van der Waals surface area contributed by atoms with E-state index in [0.717, 1.165) is 68.3 Å². The van der Waals surface area contributed by atoms with Crippen LogP contribution in [0.15, 0.2) is 57.9 Å². The van der Waals surface area contributed by atoms with Crippen LogP contribution >= 0.6 is 0 Å². The van der Waals surface area contributed by atoms with Gasteiger partial charge in [0, 0.05) is 47.9 Å². The summed E-state index contributed by atoms with van der Waals surface area (Å²) in [4.78, 5) is 60.5. The molecule has 11 nitrogen and oxygen atoms in total. The molecule has 0 bridgehead atoms. The molecule has 3 fully saturated rings. The van der Waals surface area contributed by atoms with Crippen molar-refractivity contribution >= 4 is 46.2 Å². The van der Waals surface area contributed by atoms with Gasteiger partial charge in [-0.05, 0) is 100 Å². The highest BCUT2D eigenvalue weighted by Gasteiger charge is 2.31. The third kappa shape index (κ3) is 7.10. The molecule has 1 atom stereocenters. The van der Waals surface area contributed by atoms with Crippen molar-refractivity contribution < 1.29 is 23.6 Å². The summed E-state index contributed by atoms with van der Waals surface area (Å²) in [5.74, 6) is 0.0405. The summed E-state index contributed by atoms with van der Waals surface area (Å²) < 4.78 is 5.69. The highest BCUT2D eigenvalue weighted by atomic mass is 16.3. The Labute approximate surface area is 256 Å². The summed E-state index contributed by atoms with van der Waals surface area (Å²) >= 11 is 0. The van der Waals surface area contributed by atoms with Crippen molar-refractivity contribution in [1.29, 1.82) is 0 Å². The fraction of sp³-hybridized carbons (Fsp3) is 0.424. The van der Waals surface area contributed by atoms with Crippen LogP contribution in [0.4, 0.5) is 5.69 Å². The van der Waals surface area contributed by atoms with Crippen molar-refractivity contribution in [2.75, 3.05) is 31.5 Å². The van der Waals surface area contributed by atoms with Crippen LogP contribution in [0.2, 0.25) is 0 Å². The predicted octanol–water partition coefficient (Wildman–Crippen LogP) is 3.83. The Hall–Kier alpha value is -4.67. The normalized spacial score (nSPS) is 19.2. The lowest BCUT2D eigenvalue weighted by molar-refractivity contribution is -0.140. The number of hydrogen-bond acceptors (Lipinski definition) is 6. The molecule has 3 aromatic rings. The quantitative estimate of drug-likeness (QED) is 0.279. The van der Waals surface area contributed by atoms with Crippen LogP contribution < -0.4 is 16.0 Å². The summed E-state index contributed by atoms with van der Waals surface area (Å²) in [6.45, 7) is 3.87. The van der Waals surface area contributed by atoms with Gasteiger partial charge in [0.05, 0.1) is 6.54 Å². The first-order valence-electron chi connectivity index (χ1n) is 15.5. The lowest BCUT2D eigenvalue weighted by atomic mass is 10.1. The number of likely N-dealkylation sites (tertiary alicyclic amines) is 2. The van der Waals surface area contributed by atoms with E-state index in [1.807, 2.05) is 36.1 Å². The third-order valence-corrected chi connectivity index (χ3v) is 8.28. The molecule has 4 amide bonds. The van der Waals surface area contributed by atoms with Crippen molar-refractivity contribution in [2.24, 2.45) is 4.99 Å². The summed E-state index contributed by atoms with van der Waals surface area (Å²) in [7, 11) is 0. The van der Waals surface area contributed by atoms with E-state index in [9.17, 15) is 19.2 Å². The minimum Gasteiger partial charge on any atom is -0.461 e. The topological polar surface area (TPSA) is 136 Å². The van der Waals surface area contributed by atoms with Crippen LogP contribution in [-0.4, -0.2) is 77.7 Å². The Bertz CT molecular complexity index is 1590. The lowest BCUT2D eigenvalue weighted by Crippen LogP contribution is -2.45. The Morgan fingerprint density at radius 2 is 1.59 bits per heavy atom. The van der Waals surface area contributed by atoms with Gasteiger partial charge in [0.25, 0.3) is 11.8 Å². The first-order valence-corrected chi connectivity index (χ1v) is 15.5. The fourth-order valence-corrected chi connectivity index (χ4v) is 5.68. The number of fused-ring (bicyclic) bond motifs is 1. The number of rotatable bonds is 7. The predicted molar refractivity (Wildman–Crippen MR) is 166 cm³/mol. The molecular formula is C33H38N6O5. The number of guanidine groups is 1. The molecule has 6 rings (SSSR count). The maximum absolute atomic E-state index is 13.7. The number of aryl methyl sites for hydroxylation is 1. The van der Waals surface area contributed by atoms with E-state index in [-0.39, 0.29) is 36.3 Å². The minimum atomic E-state index is -0.764. The van der Waals surface area contributed by atoms with Gasteiger partial charge in [-0.1, -0.05) is 0 Å². The molecule has 44 heavy (non-hydrogen) atoms. The van der Waals surface area contributed by atoms with Crippen LogP contribution in [0.3, 0.4) is 0 Å². The highest BCUT2D eigenvalue weighted by molar-refractivity contribution is 6.11. The van der Waals surface area contributed by atoms with Crippen molar-refractivity contribution in [3.63, 3.8) is 0 Å². The SMILES string of the molecule is Cc1cc2cc(NC(=N[C@H]3CCCCN(CC(=O)N4CCCC4)C3=O)NC(=O)c3ccc(C(=O)NC4CC4)cc3)ccc2o1. The molecule has 0 spiro atoms. The lowest BCUT2D eigenvalue weighted by Gasteiger charge is -2.25. The van der Waals surface area contributed by atoms with Gasteiger partial charge in [0.1, 0.15) is 17.4 Å². The van der Waals surface area contributed by atoms with Crippen molar-refractivity contribution in [3.05, 3.63) is 65.4 Å². The Morgan fingerprint density at radius 3 is 2.32 bits per heavy atom. The molecule has 11 heteroatoms. The van der Waals surface area contributed by atoms with E-state index in [1.54, 1.807) is 29.2 Å². The van der Waals surface area contributed by atoms with E-state index >= 15 is 0 Å². The average Bonchev–Trinajstić information content (AvgIpc) is 3.54. The van der Waals surface area contributed by atoms with Gasteiger partial charge in [-0.15, -0.1) is 0 Å². The van der Waals surface area contributed by atoms with Gasteiger partial charge in [-0.25, -0.2) is 4.99 Å². The number of furan rings is 1. The van der Waals surface area contributed by atoms with Crippen molar-refractivity contribution in [1.82, 2.24) is 20.4 Å². The highest BCUT2D eigenvalue weighted by Crippen LogP contribution is 2.23. The average molecular weight is 599 g/mol. The zero-order chi connectivity index (χ0) is 30.6. The molecule has 3 heterocycles. The number of hydrogen-bond donors (Lipinski definition) is 3. The molecule has 1 saturated carbocycles. The van der Waals surface area contributed by atoms with Crippen LogP contribution in [-0.2, 0) is 9.59 Å². The van der Waals surface area contributed by atoms with Gasteiger partial charge < -0.3 is 24.9 Å². The smallest absolute Gasteiger partial charge is 0.257 e. The van der Waals surface area contributed by atoms with E-state index in [4.69, 9.17) is 9.41 Å². The first kappa shape index (κ1) is 29.4. The maximum atomic E-state index is 13.7. The monoisotopic (exact) mass is 598 g/mol. The second kappa shape index (κ2) is 12.9. The number of benzene rings is 2. The number of nitrogens with zero attached hydrogens (tertiary/aromatic N) is 3. The molecular weight excluding hydrogens is 560 g/mol. The molecule has 2 aromatic carbocycles. The van der Waals surface area contributed by atoms with Crippen molar-refractivity contribution in [3.8, 4) is 0 Å². The molecule has 1 aliphatic carbocycles. The Morgan fingerprint density at radius 1 is 0.886 bits per heavy atom. The minimum absolute atomic E-state index is 0.0369.